The van der Waals surface area contributed by atoms with Crippen LogP contribution < -0.4 is 10.6 Å². The van der Waals surface area contributed by atoms with E-state index in [-0.39, 0.29) is 11.4 Å². The van der Waals surface area contributed by atoms with Crippen molar-refractivity contribution in [1.29, 1.82) is 0 Å². The fraction of sp³-hybridized carbons (Fsp3) is 0.0952. The lowest BCUT2D eigenvalue weighted by atomic mass is 10.0. The van der Waals surface area contributed by atoms with Crippen molar-refractivity contribution in [3.8, 4) is 11.3 Å². The fourth-order valence-corrected chi connectivity index (χ4v) is 2.91. The first-order valence-electron chi connectivity index (χ1n) is 8.83. The number of aromatic nitrogens is 2. The van der Waals surface area contributed by atoms with E-state index in [2.05, 4.69) is 20.6 Å². The van der Waals surface area contributed by atoms with Crippen LogP contribution in [0.5, 0.6) is 0 Å². The predicted molar refractivity (Wildman–Crippen MR) is 113 cm³/mol. The highest BCUT2D eigenvalue weighted by molar-refractivity contribution is 6.32. The summed E-state index contributed by atoms with van der Waals surface area (Å²) in [5.41, 5.74) is 2.62. The van der Waals surface area contributed by atoms with E-state index in [0.717, 1.165) is 0 Å². The lowest BCUT2D eigenvalue weighted by Gasteiger charge is -2.13. The predicted octanol–water partition coefficient (Wildman–Crippen LogP) is 4.41. The van der Waals surface area contributed by atoms with Crippen molar-refractivity contribution < 1.29 is 19.5 Å². The summed E-state index contributed by atoms with van der Waals surface area (Å²) < 4.78 is 0. The summed E-state index contributed by atoms with van der Waals surface area (Å²) in [5.74, 6) is -0.998. The number of rotatable bonds is 6. The third-order valence-electron chi connectivity index (χ3n) is 4.18. The Morgan fingerprint density at radius 3 is 2.53 bits per heavy atom. The topological polar surface area (TPSA) is 121 Å². The number of carboxylic acid groups (broad SMARTS) is 1. The van der Waals surface area contributed by atoms with Crippen LogP contribution in [0.15, 0.2) is 55.0 Å². The minimum Gasteiger partial charge on any atom is -0.465 e. The maximum absolute atomic E-state index is 12.6. The largest absolute Gasteiger partial charge is 0.465 e. The van der Waals surface area contributed by atoms with Crippen LogP contribution in [0.2, 0.25) is 5.02 Å². The zero-order chi connectivity index (χ0) is 21.7. The fourth-order valence-electron chi connectivity index (χ4n) is 2.75. The number of ketones is 1. The highest BCUT2D eigenvalue weighted by Crippen LogP contribution is 2.29. The van der Waals surface area contributed by atoms with Crippen LogP contribution in [0.1, 0.15) is 22.3 Å². The SMILES string of the molecule is Cc1cc(NC(=O)O)c(NC(=O)CC(=O)c2cccc(-c3cnccn3)c2)cc1Cl. The molecule has 0 radical (unpaired) electrons. The molecule has 2 aromatic carbocycles. The first-order valence-corrected chi connectivity index (χ1v) is 9.21. The number of halogens is 1. The highest BCUT2D eigenvalue weighted by atomic mass is 35.5. The van der Waals surface area contributed by atoms with Gasteiger partial charge in [0.05, 0.1) is 29.7 Å². The Balaban J connectivity index is 1.75. The zero-order valence-corrected chi connectivity index (χ0v) is 16.6. The van der Waals surface area contributed by atoms with Crippen molar-refractivity contribution >= 4 is 40.8 Å². The Bertz CT molecular complexity index is 1120. The molecule has 9 heteroatoms. The number of amides is 2. The van der Waals surface area contributed by atoms with Gasteiger partial charge in [0.1, 0.15) is 0 Å². The molecule has 0 saturated heterocycles. The number of nitrogens with zero attached hydrogens (tertiary/aromatic N) is 2. The quantitative estimate of drug-likeness (QED) is 0.398. The second-order valence-electron chi connectivity index (χ2n) is 6.40. The van der Waals surface area contributed by atoms with Crippen molar-refractivity contribution in [3.05, 3.63) is 71.1 Å². The lowest BCUT2D eigenvalue weighted by molar-refractivity contribution is -0.115. The number of benzene rings is 2. The van der Waals surface area contributed by atoms with Crippen LogP contribution in [0, 0.1) is 6.92 Å². The van der Waals surface area contributed by atoms with Gasteiger partial charge in [0.15, 0.2) is 5.78 Å². The third-order valence-corrected chi connectivity index (χ3v) is 4.59. The number of Topliss-reactive ketones (excluding diaryl/α,β-unsaturated/α-hetero) is 1. The number of aryl methyl sites for hydroxylation is 1. The molecule has 30 heavy (non-hydrogen) atoms. The number of nitrogens with one attached hydrogen (secondary N) is 2. The zero-order valence-electron chi connectivity index (χ0n) is 15.8. The lowest BCUT2D eigenvalue weighted by Crippen LogP contribution is -2.18. The molecule has 0 fully saturated rings. The molecular weight excluding hydrogens is 408 g/mol. The second kappa shape index (κ2) is 9.15. The van der Waals surface area contributed by atoms with Gasteiger partial charge < -0.3 is 10.4 Å². The van der Waals surface area contributed by atoms with Gasteiger partial charge in [0.25, 0.3) is 0 Å². The normalized spacial score (nSPS) is 10.3. The standard InChI is InChI=1S/C21H17ClN4O4/c1-12-7-16(26-21(29)30)17(9-15(12)22)25-20(28)10-19(27)14-4-2-3-13(8-14)18-11-23-5-6-24-18/h2-9,11,26H,10H2,1H3,(H,25,28)(H,29,30). The molecule has 2 amide bonds. The molecule has 0 unspecified atom stereocenters. The number of carbonyl (C=O) groups is 3. The van der Waals surface area contributed by atoms with Crippen molar-refractivity contribution in [2.75, 3.05) is 10.6 Å². The van der Waals surface area contributed by atoms with Gasteiger partial charge in [-0.2, -0.15) is 0 Å². The van der Waals surface area contributed by atoms with Gasteiger partial charge in [-0.3, -0.25) is 24.9 Å². The third kappa shape index (κ3) is 5.18. The number of hydrogen-bond acceptors (Lipinski definition) is 5. The first kappa shape index (κ1) is 20.9. The van der Waals surface area contributed by atoms with E-state index < -0.39 is 24.2 Å². The smallest absolute Gasteiger partial charge is 0.409 e. The summed E-state index contributed by atoms with van der Waals surface area (Å²) in [6.07, 6.45) is 2.96. The van der Waals surface area contributed by atoms with Gasteiger partial charge >= 0.3 is 6.09 Å². The van der Waals surface area contributed by atoms with Gasteiger partial charge in [-0.05, 0) is 30.7 Å². The number of carbonyl (C=O) groups excluding carboxylic acids is 2. The van der Waals surface area contributed by atoms with Crippen LogP contribution in [0.25, 0.3) is 11.3 Å². The van der Waals surface area contributed by atoms with Crippen LogP contribution in [-0.2, 0) is 4.79 Å². The van der Waals surface area contributed by atoms with E-state index in [1.807, 2.05) is 0 Å². The molecular formula is C21H17ClN4O4. The van der Waals surface area contributed by atoms with E-state index in [4.69, 9.17) is 16.7 Å². The van der Waals surface area contributed by atoms with E-state index in [0.29, 0.717) is 27.4 Å². The monoisotopic (exact) mass is 424 g/mol. The Kier molecular flexibility index (Phi) is 6.38. The number of hydrogen-bond donors (Lipinski definition) is 3. The molecule has 1 heterocycles. The second-order valence-corrected chi connectivity index (χ2v) is 6.80. The molecule has 0 atom stereocenters. The Labute approximate surface area is 176 Å². The van der Waals surface area contributed by atoms with E-state index in [1.165, 1.54) is 12.1 Å². The summed E-state index contributed by atoms with van der Waals surface area (Å²) >= 11 is 6.08. The van der Waals surface area contributed by atoms with Gasteiger partial charge in [-0.15, -0.1) is 0 Å². The molecule has 0 aliphatic heterocycles. The summed E-state index contributed by atoms with van der Waals surface area (Å²) in [4.78, 5) is 44.2. The minimum absolute atomic E-state index is 0.162. The summed E-state index contributed by atoms with van der Waals surface area (Å²) in [5, 5.41) is 14.1. The van der Waals surface area contributed by atoms with Crippen LogP contribution in [0.4, 0.5) is 16.2 Å². The van der Waals surface area contributed by atoms with Gasteiger partial charge in [0.2, 0.25) is 5.91 Å². The summed E-state index contributed by atoms with van der Waals surface area (Å²) in [6.45, 7) is 1.70. The number of anilines is 2. The molecule has 3 rings (SSSR count). The van der Waals surface area contributed by atoms with Gasteiger partial charge in [-0.25, -0.2) is 4.79 Å². The molecule has 0 spiro atoms. The molecule has 0 bridgehead atoms. The first-order chi connectivity index (χ1) is 14.3. The molecule has 0 aliphatic carbocycles. The van der Waals surface area contributed by atoms with E-state index in [1.54, 1.807) is 49.8 Å². The molecule has 3 aromatic rings. The Morgan fingerprint density at radius 1 is 1.07 bits per heavy atom. The molecule has 8 nitrogen and oxygen atoms in total. The molecule has 0 saturated carbocycles. The average molecular weight is 425 g/mol. The molecule has 152 valence electrons. The summed E-state index contributed by atoms with van der Waals surface area (Å²) in [7, 11) is 0. The molecule has 3 N–H and O–H groups in total. The van der Waals surface area contributed by atoms with Gasteiger partial charge in [0, 0.05) is 28.5 Å². The maximum Gasteiger partial charge on any atom is 0.409 e. The maximum atomic E-state index is 12.6. The Hall–Kier alpha value is -3.78. The van der Waals surface area contributed by atoms with E-state index in [9.17, 15) is 14.4 Å². The van der Waals surface area contributed by atoms with Crippen molar-refractivity contribution in [3.63, 3.8) is 0 Å². The van der Waals surface area contributed by atoms with E-state index >= 15 is 0 Å². The van der Waals surface area contributed by atoms with Crippen LogP contribution in [-0.4, -0.2) is 32.9 Å². The van der Waals surface area contributed by atoms with Crippen molar-refractivity contribution in [2.45, 2.75) is 13.3 Å². The minimum atomic E-state index is -1.29. The molecule has 1 aromatic heterocycles. The van der Waals surface area contributed by atoms with Crippen molar-refractivity contribution in [2.24, 2.45) is 0 Å². The average Bonchev–Trinajstić information content (AvgIpc) is 2.72. The van der Waals surface area contributed by atoms with Crippen molar-refractivity contribution in [1.82, 2.24) is 9.97 Å². The van der Waals surface area contributed by atoms with Crippen LogP contribution >= 0.6 is 11.6 Å². The van der Waals surface area contributed by atoms with Gasteiger partial charge in [-0.1, -0.05) is 29.8 Å². The summed E-state index contributed by atoms with van der Waals surface area (Å²) in [6, 6.07) is 9.66. The highest BCUT2D eigenvalue weighted by Gasteiger charge is 2.16. The van der Waals surface area contributed by atoms with Crippen LogP contribution in [0.3, 0.4) is 0 Å². The molecule has 0 aliphatic rings. The Morgan fingerprint density at radius 2 is 1.83 bits per heavy atom.